The van der Waals surface area contributed by atoms with E-state index >= 15 is 0 Å². The molecule has 0 saturated carbocycles. The fourth-order valence-corrected chi connectivity index (χ4v) is 1.01. The average molecular weight is 241 g/mol. The maximum absolute atomic E-state index is 12.9. The second kappa shape index (κ2) is 5.11. The average Bonchev–Trinajstić information content (AvgIpc) is 2.14. The molecule has 0 aromatic heterocycles. The van der Waals surface area contributed by atoms with Crippen molar-refractivity contribution in [3.05, 3.63) is 29.8 Å². The summed E-state index contributed by atoms with van der Waals surface area (Å²) in [6, 6.07) is 3.15. The van der Waals surface area contributed by atoms with Crippen molar-refractivity contribution in [2.45, 2.75) is 6.36 Å². The lowest BCUT2D eigenvalue weighted by Gasteiger charge is -2.10. The number of hydrogen-bond acceptors (Lipinski definition) is 2. The van der Waals surface area contributed by atoms with E-state index in [4.69, 9.17) is 0 Å². The third-order valence-electron chi connectivity index (χ3n) is 1.63. The second-order valence-corrected chi connectivity index (χ2v) is 2.82. The van der Waals surface area contributed by atoms with Gasteiger partial charge >= 0.3 is 6.36 Å². The van der Waals surface area contributed by atoms with Gasteiger partial charge in [-0.2, -0.15) is 0 Å². The van der Waals surface area contributed by atoms with Gasteiger partial charge < -0.3 is 5.32 Å². The molecule has 0 aliphatic carbocycles. The van der Waals surface area contributed by atoms with Crippen LogP contribution in [0, 0.1) is 11.6 Å². The first-order valence-corrected chi connectivity index (χ1v) is 4.29. The summed E-state index contributed by atoms with van der Waals surface area (Å²) in [5, 5.41) is 2.18. The topological polar surface area (TPSA) is 21.3 Å². The lowest BCUT2D eigenvalue weighted by atomic mass is 10.3. The van der Waals surface area contributed by atoms with E-state index in [1.807, 2.05) is 0 Å². The third kappa shape index (κ3) is 4.01. The highest BCUT2D eigenvalue weighted by Gasteiger charge is 2.28. The molecule has 0 aliphatic heterocycles. The molecule has 0 fully saturated rings. The summed E-state index contributed by atoms with van der Waals surface area (Å²) in [5.41, 5.74) is -0.465. The van der Waals surface area contributed by atoms with Gasteiger partial charge in [0.25, 0.3) is 0 Å². The van der Waals surface area contributed by atoms with Gasteiger partial charge in [0.15, 0.2) is 0 Å². The molecule has 0 heterocycles. The van der Waals surface area contributed by atoms with Crippen LogP contribution in [-0.2, 0) is 4.74 Å². The van der Waals surface area contributed by atoms with E-state index in [0.29, 0.717) is 0 Å². The number of anilines is 1. The van der Waals surface area contributed by atoms with E-state index in [-0.39, 0.29) is 6.54 Å². The highest BCUT2D eigenvalue weighted by Crippen LogP contribution is 2.18. The molecule has 0 atom stereocenters. The van der Waals surface area contributed by atoms with Crippen LogP contribution in [0.2, 0.25) is 0 Å². The largest absolute Gasteiger partial charge is 0.522 e. The van der Waals surface area contributed by atoms with Crippen LogP contribution >= 0.6 is 0 Å². The summed E-state index contributed by atoms with van der Waals surface area (Å²) in [6.07, 6.45) is -4.74. The number of nitrogens with one attached hydrogen (secondary N) is 1. The van der Waals surface area contributed by atoms with Gasteiger partial charge in [-0.05, 0) is 12.1 Å². The summed E-state index contributed by atoms with van der Waals surface area (Å²) in [7, 11) is 0. The SMILES string of the molecule is Fc1cccc(F)c1NCCOC(F)(F)F. The molecule has 0 spiro atoms. The summed E-state index contributed by atoms with van der Waals surface area (Å²) >= 11 is 0. The van der Waals surface area contributed by atoms with Crippen LogP contribution < -0.4 is 5.32 Å². The molecule has 1 N–H and O–H groups in total. The summed E-state index contributed by atoms with van der Waals surface area (Å²) < 4.78 is 63.9. The van der Waals surface area contributed by atoms with Crippen molar-refractivity contribution in [2.24, 2.45) is 0 Å². The van der Waals surface area contributed by atoms with Crippen molar-refractivity contribution in [1.82, 2.24) is 0 Å². The minimum absolute atomic E-state index is 0.350. The number of ether oxygens (including phenoxy) is 1. The van der Waals surface area contributed by atoms with E-state index in [1.165, 1.54) is 0 Å². The van der Waals surface area contributed by atoms with Crippen molar-refractivity contribution in [3.63, 3.8) is 0 Å². The molecular formula is C9H8F5NO. The van der Waals surface area contributed by atoms with Gasteiger partial charge in [-0.25, -0.2) is 8.78 Å². The first-order chi connectivity index (χ1) is 7.40. The number of alkyl halides is 3. The van der Waals surface area contributed by atoms with E-state index < -0.39 is 30.3 Å². The molecule has 16 heavy (non-hydrogen) atoms. The van der Waals surface area contributed by atoms with Crippen LogP contribution in [0.4, 0.5) is 27.6 Å². The van der Waals surface area contributed by atoms with Crippen LogP contribution in [0.5, 0.6) is 0 Å². The molecule has 0 saturated heterocycles. The zero-order valence-electron chi connectivity index (χ0n) is 7.94. The molecule has 0 amide bonds. The minimum Gasteiger partial charge on any atom is -0.378 e. The third-order valence-corrected chi connectivity index (χ3v) is 1.63. The Balaban J connectivity index is 2.43. The fraction of sp³-hybridized carbons (Fsp3) is 0.333. The summed E-state index contributed by atoms with van der Waals surface area (Å²) in [5.74, 6) is -1.74. The van der Waals surface area contributed by atoms with Crippen molar-refractivity contribution in [2.75, 3.05) is 18.5 Å². The van der Waals surface area contributed by atoms with Crippen molar-refractivity contribution >= 4 is 5.69 Å². The Morgan fingerprint density at radius 2 is 1.69 bits per heavy atom. The maximum Gasteiger partial charge on any atom is 0.522 e. The Hall–Kier alpha value is -1.37. The highest BCUT2D eigenvalue weighted by molar-refractivity contribution is 5.45. The van der Waals surface area contributed by atoms with Gasteiger partial charge in [0, 0.05) is 6.54 Å². The highest BCUT2D eigenvalue weighted by atomic mass is 19.4. The van der Waals surface area contributed by atoms with Crippen LogP contribution in [0.1, 0.15) is 0 Å². The Bertz CT molecular complexity index is 332. The molecule has 1 aromatic carbocycles. The monoisotopic (exact) mass is 241 g/mol. The summed E-state index contributed by atoms with van der Waals surface area (Å²) in [6.45, 7) is -1.07. The van der Waals surface area contributed by atoms with Gasteiger partial charge in [-0.1, -0.05) is 6.07 Å². The quantitative estimate of drug-likeness (QED) is 0.646. The molecule has 1 aromatic rings. The van der Waals surface area contributed by atoms with E-state index in [0.717, 1.165) is 18.2 Å². The molecule has 2 nitrogen and oxygen atoms in total. The maximum atomic E-state index is 12.9. The number of rotatable bonds is 4. The first kappa shape index (κ1) is 12.7. The van der Waals surface area contributed by atoms with E-state index in [1.54, 1.807) is 0 Å². The Morgan fingerprint density at radius 3 is 2.19 bits per heavy atom. The number of hydrogen-bond donors (Lipinski definition) is 1. The van der Waals surface area contributed by atoms with E-state index in [9.17, 15) is 22.0 Å². The Morgan fingerprint density at radius 1 is 1.12 bits per heavy atom. The smallest absolute Gasteiger partial charge is 0.378 e. The Kier molecular flexibility index (Phi) is 4.05. The number of para-hydroxylation sites is 1. The van der Waals surface area contributed by atoms with E-state index in [2.05, 4.69) is 10.1 Å². The standard InChI is InChI=1S/C9H8F5NO/c10-6-2-1-3-7(11)8(6)15-4-5-16-9(12,13)14/h1-3,15H,4-5H2. The minimum atomic E-state index is -4.74. The predicted octanol–water partition coefficient (Wildman–Crippen LogP) is 2.91. The second-order valence-electron chi connectivity index (χ2n) is 2.82. The number of benzene rings is 1. The predicted molar refractivity (Wildman–Crippen MR) is 46.9 cm³/mol. The molecule has 7 heteroatoms. The number of halogens is 5. The van der Waals surface area contributed by atoms with Gasteiger partial charge in [-0.15, -0.1) is 13.2 Å². The molecule has 0 radical (unpaired) electrons. The van der Waals surface area contributed by atoms with Crippen molar-refractivity contribution in [1.29, 1.82) is 0 Å². The van der Waals surface area contributed by atoms with Crippen LogP contribution in [0.25, 0.3) is 0 Å². The first-order valence-electron chi connectivity index (χ1n) is 4.29. The van der Waals surface area contributed by atoms with Gasteiger partial charge in [0.2, 0.25) is 0 Å². The zero-order chi connectivity index (χ0) is 12.2. The van der Waals surface area contributed by atoms with Crippen molar-refractivity contribution < 1.29 is 26.7 Å². The zero-order valence-corrected chi connectivity index (χ0v) is 7.94. The molecule has 1 rings (SSSR count). The van der Waals surface area contributed by atoms with Gasteiger partial charge in [0.1, 0.15) is 17.3 Å². The molecule has 90 valence electrons. The van der Waals surface area contributed by atoms with Gasteiger partial charge in [-0.3, -0.25) is 4.74 Å². The molecule has 0 bridgehead atoms. The van der Waals surface area contributed by atoms with Crippen molar-refractivity contribution in [3.8, 4) is 0 Å². The van der Waals surface area contributed by atoms with Crippen LogP contribution in [0.3, 0.4) is 0 Å². The molecule has 0 unspecified atom stereocenters. The fourth-order valence-electron chi connectivity index (χ4n) is 1.01. The summed E-state index contributed by atoms with van der Waals surface area (Å²) in [4.78, 5) is 0. The lowest BCUT2D eigenvalue weighted by molar-refractivity contribution is -0.322. The lowest BCUT2D eigenvalue weighted by Crippen LogP contribution is -2.19. The van der Waals surface area contributed by atoms with Gasteiger partial charge in [0.05, 0.1) is 6.61 Å². The normalized spacial score (nSPS) is 11.6. The van der Waals surface area contributed by atoms with Crippen LogP contribution in [0.15, 0.2) is 18.2 Å². The Labute approximate surface area is 88.0 Å². The molecular weight excluding hydrogens is 233 g/mol. The van der Waals surface area contributed by atoms with Crippen LogP contribution in [-0.4, -0.2) is 19.5 Å². The molecule has 0 aliphatic rings.